The summed E-state index contributed by atoms with van der Waals surface area (Å²) in [6.07, 6.45) is 3.00. The average molecular weight is 237 g/mol. The SMILES string of the molecule is CCc1cc(C(=O)NC)c(F)cc1OC1CC1. The van der Waals surface area contributed by atoms with Gasteiger partial charge in [-0.25, -0.2) is 4.39 Å². The first-order valence-corrected chi connectivity index (χ1v) is 5.86. The first kappa shape index (κ1) is 11.9. The zero-order valence-corrected chi connectivity index (χ0v) is 10.0. The van der Waals surface area contributed by atoms with E-state index in [-0.39, 0.29) is 11.7 Å². The quantitative estimate of drug-likeness (QED) is 0.872. The van der Waals surface area contributed by atoms with E-state index in [1.54, 1.807) is 6.07 Å². The molecule has 0 unspecified atom stereocenters. The zero-order chi connectivity index (χ0) is 12.4. The van der Waals surface area contributed by atoms with Gasteiger partial charge in [0.25, 0.3) is 5.91 Å². The molecule has 0 bridgehead atoms. The maximum absolute atomic E-state index is 13.7. The van der Waals surface area contributed by atoms with E-state index < -0.39 is 11.7 Å². The van der Waals surface area contributed by atoms with Crippen LogP contribution in [0.4, 0.5) is 4.39 Å². The summed E-state index contributed by atoms with van der Waals surface area (Å²) in [5, 5.41) is 2.43. The Morgan fingerprint density at radius 2 is 2.24 bits per heavy atom. The lowest BCUT2D eigenvalue weighted by molar-refractivity contribution is 0.0959. The topological polar surface area (TPSA) is 38.3 Å². The minimum atomic E-state index is -0.530. The molecule has 0 aliphatic heterocycles. The number of hydrogen-bond acceptors (Lipinski definition) is 2. The average Bonchev–Trinajstić information content (AvgIpc) is 3.12. The third kappa shape index (κ3) is 2.57. The minimum absolute atomic E-state index is 0.0764. The molecule has 1 fully saturated rings. The minimum Gasteiger partial charge on any atom is -0.490 e. The van der Waals surface area contributed by atoms with Crippen molar-refractivity contribution < 1.29 is 13.9 Å². The van der Waals surface area contributed by atoms with Gasteiger partial charge in [0, 0.05) is 13.1 Å². The molecular formula is C13H16FNO2. The Kier molecular flexibility index (Phi) is 3.31. The van der Waals surface area contributed by atoms with Crippen LogP contribution in [0.15, 0.2) is 12.1 Å². The molecule has 1 amide bonds. The van der Waals surface area contributed by atoms with Crippen molar-refractivity contribution in [2.24, 2.45) is 0 Å². The molecule has 0 atom stereocenters. The maximum atomic E-state index is 13.7. The van der Waals surface area contributed by atoms with Gasteiger partial charge >= 0.3 is 0 Å². The molecule has 0 heterocycles. The van der Waals surface area contributed by atoms with Gasteiger partial charge in [-0.3, -0.25) is 4.79 Å². The Morgan fingerprint density at radius 1 is 1.53 bits per heavy atom. The molecule has 0 saturated heterocycles. The van der Waals surface area contributed by atoms with Crippen molar-refractivity contribution in [3.8, 4) is 5.75 Å². The summed E-state index contributed by atoms with van der Waals surface area (Å²) >= 11 is 0. The Labute approximate surface area is 100.0 Å². The molecule has 4 heteroatoms. The molecule has 0 radical (unpaired) electrons. The van der Waals surface area contributed by atoms with E-state index in [0.29, 0.717) is 12.2 Å². The summed E-state index contributed by atoms with van der Waals surface area (Å²) in [6.45, 7) is 1.96. The van der Waals surface area contributed by atoms with Crippen LogP contribution in [0, 0.1) is 5.82 Å². The monoisotopic (exact) mass is 237 g/mol. The number of carbonyl (C=O) groups is 1. The number of nitrogens with one attached hydrogen (secondary N) is 1. The molecule has 0 spiro atoms. The molecule has 1 aliphatic carbocycles. The van der Waals surface area contributed by atoms with E-state index in [2.05, 4.69) is 5.32 Å². The maximum Gasteiger partial charge on any atom is 0.254 e. The van der Waals surface area contributed by atoms with Crippen LogP contribution in [0.1, 0.15) is 35.7 Å². The standard InChI is InChI=1S/C13H16FNO2/c1-3-8-6-10(13(16)15-2)11(14)7-12(8)17-9-4-5-9/h6-7,9H,3-5H2,1-2H3,(H,15,16). The van der Waals surface area contributed by atoms with Crippen LogP contribution in [-0.4, -0.2) is 19.1 Å². The second-order valence-corrected chi connectivity index (χ2v) is 4.19. The molecule has 1 saturated carbocycles. The third-order valence-electron chi connectivity index (χ3n) is 2.82. The molecule has 92 valence electrons. The lowest BCUT2D eigenvalue weighted by Gasteiger charge is -2.12. The molecule has 1 N–H and O–H groups in total. The summed E-state index contributed by atoms with van der Waals surface area (Å²) in [6, 6.07) is 2.90. The normalized spacial score (nSPS) is 14.5. The molecule has 1 aliphatic rings. The van der Waals surface area contributed by atoms with E-state index in [1.165, 1.54) is 13.1 Å². The Balaban J connectivity index is 2.34. The summed E-state index contributed by atoms with van der Waals surface area (Å²) < 4.78 is 19.4. The second kappa shape index (κ2) is 4.73. The number of amides is 1. The molecular weight excluding hydrogens is 221 g/mol. The van der Waals surface area contributed by atoms with Crippen LogP contribution in [0.25, 0.3) is 0 Å². The Hall–Kier alpha value is -1.58. The van der Waals surface area contributed by atoms with E-state index >= 15 is 0 Å². The molecule has 0 aromatic heterocycles. The highest BCUT2D eigenvalue weighted by atomic mass is 19.1. The van der Waals surface area contributed by atoms with Crippen molar-refractivity contribution in [2.75, 3.05) is 7.05 Å². The zero-order valence-electron chi connectivity index (χ0n) is 10.0. The highest BCUT2D eigenvalue weighted by Gasteiger charge is 2.25. The van der Waals surface area contributed by atoms with Gasteiger partial charge < -0.3 is 10.1 Å². The van der Waals surface area contributed by atoms with Crippen LogP contribution < -0.4 is 10.1 Å². The lowest BCUT2D eigenvalue weighted by atomic mass is 10.1. The van der Waals surface area contributed by atoms with Gasteiger partial charge in [0.15, 0.2) is 0 Å². The van der Waals surface area contributed by atoms with Gasteiger partial charge in [-0.15, -0.1) is 0 Å². The summed E-state index contributed by atoms with van der Waals surface area (Å²) in [7, 11) is 1.49. The number of carbonyl (C=O) groups excluding carboxylic acids is 1. The predicted molar refractivity (Wildman–Crippen MR) is 62.8 cm³/mol. The number of halogens is 1. The third-order valence-corrected chi connectivity index (χ3v) is 2.82. The smallest absolute Gasteiger partial charge is 0.254 e. The second-order valence-electron chi connectivity index (χ2n) is 4.19. The van der Waals surface area contributed by atoms with E-state index in [0.717, 1.165) is 18.4 Å². The Bertz CT molecular complexity index is 441. The highest BCUT2D eigenvalue weighted by Crippen LogP contribution is 2.31. The summed E-state index contributed by atoms with van der Waals surface area (Å²) in [5.41, 5.74) is 0.949. The fraction of sp³-hybridized carbons (Fsp3) is 0.462. The number of benzene rings is 1. The van der Waals surface area contributed by atoms with Crippen molar-refractivity contribution in [2.45, 2.75) is 32.3 Å². The van der Waals surface area contributed by atoms with Gasteiger partial charge in [0.05, 0.1) is 11.7 Å². The van der Waals surface area contributed by atoms with Crippen LogP contribution >= 0.6 is 0 Å². The fourth-order valence-corrected chi connectivity index (χ4v) is 1.66. The van der Waals surface area contributed by atoms with Crippen molar-refractivity contribution in [3.63, 3.8) is 0 Å². The molecule has 1 aromatic rings. The van der Waals surface area contributed by atoms with Crippen molar-refractivity contribution in [3.05, 3.63) is 29.1 Å². The summed E-state index contributed by atoms with van der Waals surface area (Å²) in [4.78, 5) is 11.5. The van der Waals surface area contributed by atoms with Crippen LogP contribution in [-0.2, 0) is 6.42 Å². The highest BCUT2D eigenvalue weighted by molar-refractivity contribution is 5.94. The van der Waals surface area contributed by atoms with Crippen molar-refractivity contribution in [1.82, 2.24) is 5.32 Å². The van der Waals surface area contributed by atoms with Crippen LogP contribution in [0.3, 0.4) is 0 Å². The van der Waals surface area contributed by atoms with Crippen molar-refractivity contribution >= 4 is 5.91 Å². The van der Waals surface area contributed by atoms with Gasteiger partial charge in [-0.05, 0) is 30.9 Å². The molecule has 2 rings (SSSR count). The number of hydrogen-bond donors (Lipinski definition) is 1. The lowest BCUT2D eigenvalue weighted by Crippen LogP contribution is -2.19. The van der Waals surface area contributed by atoms with Gasteiger partial charge in [-0.2, -0.15) is 0 Å². The van der Waals surface area contributed by atoms with Crippen molar-refractivity contribution in [1.29, 1.82) is 0 Å². The van der Waals surface area contributed by atoms with E-state index in [4.69, 9.17) is 4.74 Å². The molecule has 3 nitrogen and oxygen atoms in total. The predicted octanol–water partition coefficient (Wildman–Crippen LogP) is 2.29. The summed E-state index contributed by atoms with van der Waals surface area (Å²) in [5.74, 6) is -0.368. The Morgan fingerprint density at radius 3 is 2.76 bits per heavy atom. The first-order valence-electron chi connectivity index (χ1n) is 5.86. The van der Waals surface area contributed by atoms with Gasteiger partial charge in [-0.1, -0.05) is 6.92 Å². The van der Waals surface area contributed by atoms with Gasteiger partial charge in [0.2, 0.25) is 0 Å². The van der Waals surface area contributed by atoms with Crippen LogP contribution in [0.2, 0.25) is 0 Å². The van der Waals surface area contributed by atoms with Crippen LogP contribution in [0.5, 0.6) is 5.75 Å². The largest absolute Gasteiger partial charge is 0.490 e. The van der Waals surface area contributed by atoms with E-state index in [1.807, 2.05) is 6.92 Å². The van der Waals surface area contributed by atoms with Gasteiger partial charge in [0.1, 0.15) is 11.6 Å². The number of ether oxygens (including phenoxy) is 1. The van der Waals surface area contributed by atoms with E-state index in [9.17, 15) is 9.18 Å². The fourth-order valence-electron chi connectivity index (χ4n) is 1.66. The molecule has 17 heavy (non-hydrogen) atoms. The first-order chi connectivity index (χ1) is 8.15. The number of aryl methyl sites for hydroxylation is 1. The molecule has 1 aromatic carbocycles. The number of rotatable bonds is 4.